The summed E-state index contributed by atoms with van der Waals surface area (Å²) in [5.41, 5.74) is 0. The SMILES string of the molecule is Fc1[c-]ccnc1.[Zn+][I]. The van der Waals surface area contributed by atoms with Gasteiger partial charge in [0, 0.05) is 5.82 Å². The number of pyridine rings is 1. The Hall–Kier alpha value is 0.433. The average molecular weight is 288 g/mol. The fourth-order valence-corrected chi connectivity index (χ4v) is 0.306. The van der Waals surface area contributed by atoms with Gasteiger partial charge >= 0.3 is 34.5 Å². The van der Waals surface area contributed by atoms with Crippen LogP contribution in [0.5, 0.6) is 0 Å². The summed E-state index contributed by atoms with van der Waals surface area (Å²) in [6, 6.07) is 3.73. The molecule has 0 unspecified atom stereocenters. The predicted molar refractivity (Wildman–Crippen MR) is 37.1 cm³/mol. The third-order valence-corrected chi connectivity index (χ3v) is 0.570. The van der Waals surface area contributed by atoms with Crippen LogP contribution in [0.3, 0.4) is 0 Å². The van der Waals surface area contributed by atoms with E-state index in [0.29, 0.717) is 0 Å². The van der Waals surface area contributed by atoms with Crippen molar-refractivity contribution in [2.45, 2.75) is 0 Å². The monoisotopic (exact) mass is 287 g/mol. The average Bonchev–Trinajstić information content (AvgIpc) is 1.94. The van der Waals surface area contributed by atoms with Crippen LogP contribution in [0.25, 0.3) is 0 Å². The van der Waals surface area contributed by atoms with Gasteiger partial charge in [-0.25, -0.2) is 4.39 Å². The van der Waals surface area contributed by atoms with Gasteiger partial charge in [0.15, 0.2) is 0 Å². The van der Waals surface area contributed by atoms with Crippen molar-refractivity contribution < 1.29 is 19.2 Å². The van der Waals surface area contributed by atoms with Crippen molar-refractivity contribution in [3.63, 3.8) is 0 Å². The van der Waals surface area contributed by atoms with Crippen LogP contribution >= 0.6 is 19.8 Å². The normalized spacial score (nSPS) is 7.56. The number of hydrogen-bond donors (Lipinski definition) is 0. The first-order chi connectivity index (χ1) is 4.39. The van der Waals surface area contributed by atoms with Gasteiger partial charge in [-0.3, -0.25) is 0 Å². The van der Waals surface area contributed by atoms with Gasteiger partial charge in [-0.05, 0) is 0 Å². The Morgan fingerprint density at radius 1 is 1.67 bits per heavy atom. The Labute approximate surface area is 73.9 Å². The molecule has 0 N–H and O–H groups in total. The molecule has 1 heterocycles. The van der Waals surface area contributed by atoms with Crippen LogP contribution in [0.15, 0.2) is 18.5 Å². The Bertz CT molecular complexity index is 147. The molecule has 0 aliphatic carbocycles. The molecule has 0 atom stereocenters. The summed E-state index contributed by atoms with van der Waals surface area (Å²) in [6.45, 7) is 0. The topological polar surface area (TPSA) is 12.9 Å². The Balaban J connectivity index is 0.000000291. The van der Waals surface area contributed by atoms with Gasteiger partial charge in [0.25, 0.3) is 0 Å². The van der Waals surface area contributed by atoms with E-state index in [0.717, 1.165) is 6.20 Å². The molecule has 0 radical (unpaired) electrons. The maximum atomic E-state index is 11.8. The van der Waals surface area contributed by atoms with Crippen molar-refractivity contribution in [1.29, 1.82) is 0 Å². The molecular weight excluding hydrogens is 285 g/mol. The number of aromatic nitrogens is 1. The molecule has 0 aliphatic rings. The van der Waals surface area contributed by atoms with Gasteiger partial charge in [-0.15, -0.1) is 6.07 Å². The summed E-state index contributed by atoms with van der Waals surface area (Å²) in [5.74, 6) is -0.414. The minimum absolute atomic E-state index is 0.414. The van der Waals surface area contributed by atoms with Crippen molar-refractivity contribution >= 4 is 19.8 Å². The zero-order valence-corrected chi connectivity index (χ0v) is 9.77. The first kappa shape index (κ1) is 9.43. The zero-order valence-electron chi connectivity index (χ0n) is 4.64. The zero-order chi connectivity index (χ0) is 7.11. The number of hydrogen-bond acceptors (Lipinski definition) is 1. The Morgan fingerprint density at radius 2 is 2.33 bits per heavy atom. The molecule has 1 rings (SSSR count). The van der Waals surface area contributed by atoms with Crippen LogP contribution in [0, 0.1) is 11.9 Å². The minimum atomic E-state index is -0.414. The third kappa shape index (κ3) is 4.91. The van der Waals surface area contributed by atoms with E-state index in [2.05, 4.69) is 30.8 Å². The molecule has 0 amide bonds. The molecule has 0 spiro atoms. The van der Waals surface area contributed by atoms with E-state index in [1.807, 2.05) is 0 Å². The van der Waals surface area contributed by atoms with Gasteiger partial charge in [-0.1, -0.05) is 12.4 Å². The Kier molecular flexibility index (Phi) is 6.87. The van der Waals surface area contributed by atoms with Gasteiger partial charge in [0.1, 0.15) is 0 Å². The number of rotatable bonds is 0. The molecular formula is C5H3FINZn. The van der Waals surface area contributed by atoms with Gasteiger partial charge in [0.05, 0.1) is 0 Å². The summed E-state index contributed by atoms with van der Waals surface area (Å²) >= 11 is 3.62. The van der Waals surface area contributed by atoms with Crippen molar-refractivity contribution in [3.8, 4) is 0 Å². The molecule has 1 nitrogen and oxygen atoms in total. The van der Waals surface area contributed by atoms with Crippen LogP contribution in [-0.4, -0.2) is 4.98 Å². The van der Waals surface area contributed by atoms with Crippen molar-refractivity contribution in [2.24, 2.45) is 0 Å². The van der Waals surface area contributed by atoms with Gasteiger partial charge in [0.2, 0.25) is 0 Å². The predicted octanol–water partition coefficient (Wildman–Crippen LogP) is 1.90. The molecule has 1 aromatic rings. The maximum absolute atomic E-state index is 11.8. The van der Waals surface area contributed by atoms with Gasteiger partial charge < -0.3 is 4.98 Å². The standard InChI is InChI=1S/C5H3FN.HI.Zn/c6-5-2-1-3-7-4-5;;/h1,3-4H;1H;/q-1;;+2/p-1. The second-order valence-electron chi connectivity index (χ2n) is 1.09. The van der Waals surface area contributed by atoms with Crippen LogP contribution in [0.2, 0.25) is 0 Å². The first-order valence-corrected chi connectivity index (χ1v) is 11.2. The quantitative estimate of drug-likeness (QED) is 0.404. The van der Waals surface area contributed by atoms with E-state index < -0.39 is 5.82 Å². The van der Waals surface area contributed by atoms with E-state index >= 15 is 0 Å². The molecule has 0 fully saturated rings. The summed E-state index contributed by atoms with van der Waals surface area (Å²) in [5, 5.41) is 0. The van der Waals surface area contributed by atoms with Crippen molar-refractivity contribution in [3.05, 3.63) is 30.3 Å². The fraction of sp³-hybridized carbons (Fsp3) is 0. The first-order valence-electron chi connectivity index (χ1n) is 2.13. The molecule has 0 bridgehead atoms. The molecule has 9 heavy (non-hydrogen) atoms. The molecule has 0 saturated carbocycles. The number of halogens is 2. The second kappa shape index (κ2) is 6.55. The van der Waals surface area contributed by atoms with Crippen LogP contribution < -0.4 is 0 Å². The molecule has 0 aromatic carbocycles. The van der Waals surface area contributed by atoms with Gasteiger partial charge in [-0.2, -0.15) is 6.07 Å². The Morgan fingerprint density at radius 3 is 2.56 bits per heavy atom. The summed E-state index contributed by atoms with van der Waals surface area (Å²) < 4.78 is 11.8. The van der Waals surface area contributed by atoms with Crippen molar-refractivity contribution in [2.75, 3.05) is 0 Å². The molecule has 0 aliphatic heterocycles. The van der Waals surface area contributed by atoms with E-state index in [-0.39, 0.29) is 0 Å². The van der Waals surface area contributed by atoms with Crippen molar-refractivity contribution in [1.82, 2.24) is 4.98 Å². The molecule has 0 saturated heterocycles. The molecule has 44 valence electrons. The summed E-state index contributed by atoms with van der Waals surface area (Å²) in [6.07, 6.45) is 2.59. The van der Waals surface area contributed by atoms with Crippen LogP contribution in [-0.2, 0) is 14.8 Å². The van der Waals surface area contributed by atoms with E-state index in [1.165, 1.54) is 27.1 Å². The van der Waals surface area contributed by atoms with E-state index in [9.17, 15) is 4.39 Å². The van der Waals surface area contributed by atoms with E-state index in [1.54, 1.807) is 0 Å². The summed E-state index contributed by atoms with van der Waals surface area (Å²) in [7, 11) is 0. The number of nitrogens with zero attached hydrogens (tertiary/aromatic N) is 1. The molecule has 1 aromatic heterocycles. The third-order valence-electron chi connectivity index (χ3n) is 0.570. The van der Waals surface area contributed by atoms with E-state index in [4.69, 9.17) is 0 Å². The molecule has 4 heteroatoms. The second-order valence-corrected chi connectivity index (χ2v) is 1.09. The van der Waals surface area contributed by atoms with Crippen LogP contribution in [0.1, 0.15) is 0 Å². The summed E-state index contributed by atoms with van der Waals surface area (Å²) in [4.78, 5) is 3.48. The van der Waals surface area contributed by atoms with Crippen LogP contribution in [0.4, 0.5) is 4.39 Å². The fourth-order valence-electron chi connectivity index (χ4n) is 0.306.